The van der Waals surface area contributed by atoms with Crippen LogP contribution < -0.4 is 27.4 Å². The van der Waals surface area contributed by atoms with Gasteiger partial charge in [0.15, 0.2) is 0 Å². The molecule has 0 aromatic heterocycles. The van der Waals surface area contributed by atoms with Crippen molar-refractivity contribution in [3.05, 3.63) is 0 Å². The van der Waals surface area contributed by atoms with Crippen LogP contribution in [0, 0.1) is 0 Å². The first-order valence-electron chi connectivity index (χ1n) is 9.42. The summed E-state index contributed by atoms with van der Waals surface area (Å²) in [6.07, 6.45) is 0.878. The Kier molecular flexibility index (Phi) is 14.1. The van der Waals surface area contributed by atoms with E-state index in [1.807, 2.05) is 0 Å². The van der Waals surface area contributed by atoms with Gasteiger partial charge in [0.1, 0.15) is 18.1 Å². The Labute approximate surface area is 194 Å². The lowest BCUT2D eigenvalue weighted by Crippen LogP contribution is -2.57. The van der Waals surface area contributed by atoms with Gasteiger partial charge in [-0.3, -0.25) is 24.0 Å². The molecule has 9 N–H and O–H groups in total. The number of nitrogens with one attached hydrogen (secondary N) is 3. The summed E-state index contributed by atoms with van der Waals surface area (Å²) in [6, 6.07) is -5.14. The van der Waals surface area contributed by atoms with Gasteiger partial charge in [0.25, 0.3) is 0 Å². The Morgan fingerprint density at radius 3 is 1.91 bits per heavy atom. The lowest BCUT2D eigenvalue weighted by molar-refractivity contribution is -0.147. The number of aliphatic carboxylic acids is 2. The topological polar surface area (TPSA) is 231 Å². The normalized spacial score (nSPS) is 14.3. The second-order valence-electron chi connectivity index (χ2n) is 6.70. The number of primary amides is 1. The lowest BCUT2D eigenvalue weighted by atomic mass is 10.1. The fourth-order valence-corrected chi connectivity index (χ4v) is 3.05. The second-order valence-corrected chi connectivity index (χ2v) is 8.05. The van der Waals surface area contributed by atoms with Gasteiger partial charge in [-0.2, -0.15) is 24.4 Å². The van der Waals surface area contributed by atoms with E-state index in [0.29, 0.717) is 5.75 Å². The first-order valence-corrected chi connectivity index (χ1v) is 11.4. The number of thiol groups is 1. The largest absolute Gasteiger partial charge is 0.481 e. The zero-order valence-electron chi connectivity index (χ0n) is 17.4. The summed E-state index contributed by atoms with van der Waals surface area (Å²) in [5, 5.41) is 24.8. The molecule has 0 aliphatic carbocycles. The van der Waals surface area contributed by atoms with Crippen molar-refractivity contribution >= 4 is 60.0 Å². The number of hydrogen-bond acceptors (Lipinski definition) is 9. The molecule has 0 saturated heterocycles. The number of amides is 4. The van der Waals surface area contributed by atoms with E-state index in [4.69, 9.17) is 21.7 Å². The van der Waals surface area contributed by atoms with E-state index in [2.05, 4.69) is 28.6 Å². The highest BCUT2D eigenvalue weighted by atomic mass is 32.2. The maximum atomic E-state index is 12.6. The number of carboxylic acid groups (broad SMARTS) is 2. The zero-order valence-corrected chi connectivity index (χ0v) is 19.1. The summed E-state index contributed by atoms with van der Waals surface area (Å²) in [5.74, 6) is -5.71. The van der Waals surface area contributed by atoms with Crippen LogP contribution in [0.15, 0.2) is 0 Å². The van der Waals surface area contributed by atoms with Crippen LogP contribution in [0.25, 0.3) is 0 Å². The summed E-state index contributed by atoms with van der Waals surface area (Å²) in [7, 11) is 0. The fraction of sp³-hybridized carbons (Fsp3) is 0.647. The molecule has 15 heteroatoms. The van der Waals surface area contributed by atoms with Crippen LogP contribution in [0.4, 0.5) is 0 Å². The van der Waals surface area contributed by atoms with E-state index in [1.54, 1.807) is 6.26 Å². The SMILES string of the molecule is CSCCC(NC(=O)C(CS)NC(=O)C(N)CCC(N)=O)C(=O)NC(CC(=O)O)C(=O)O. The molecule has 4 unspecified atom stereocenters. The van der Waals surface area contributed by atoms with Gasteiger partial charge in [0, 0.05) is 12.2 Å². The molecule has 182 valence electrons. The molecular weight excluding hydrogens is 466 g/mol. The van der Waals surface area contributed by atoms with Crippen molar-refractivity contribution in [3.8, 4) is 0 Å². The summed E-state index contributed by atoms with van der Waals surface area (Å²) in [5.41, 5.74) is 10.7. The van der Waals surface area contributed by atoms with Crippen molar-refractivity contribution in [3.63, 3.8) is 0 Å². The van der Waals surface area contributed by atoms with E-state index < -0.39 is 66.2 Å². The molecule has 0 saturated carbocycles. The molecule has 4 atom stereocenters. The van der Waals surface area contributed by atoms with Crippen molar-refractivity contribution in [2.45, 2.75) is 49.9 Å². The molecule has 4 amide bonds. The van der Waals surface area contributed by atoms with E-state index in [1.165, 1.54) is 11.8 Å². The number of nitrogens with two attached hydrogens (primary N) is 2. The predicted octanol–water partition coefficient (Wildman–Crippen LogP) is -2.72. The van der Waals surface area contributed by atoms with Gasteiger partial charge in [-0.05, 0) is 24.9 Å². The Morgan fingerprint density at radius 1 is 0.906 bits per heavy atom. The van der Waals surface area contributed by atoms with Crippen molar-refractivity contribution in [1.82, 2.24) is 16.0 Å². The molecule has 0 aliphatic heterocycles. The Bertz CT molecular complexity index is 708. The van der Waals surface area contributed by atoms with E-state index >= 15 is 0 Å². The first-order chi connectivity index (χ1) is 14.9. The number of hydrogen-bond donors (Lipinski definition) is 8. The molecule has 0 heterocycles. The monoisotopic (exact) mass is 495 g/mol. The third-order valence-electron chi connectivity index (χ3n) is 4.09. The Balaban J connectivity index is 5.20. The molecule has 0 fully saturated rings. The average Bonchev–Trinajstić information content (AvgIpc) is 2.71. The first kappa shape index (κ1) is 29.5. The van der Waals surface area contributed by atoms with Crippen LogP contribution in [-0.2, 0) is 28.8 Å². The summed E-state index contributed by atoms with van der Waals surface area (Å²) in [6.45, 7) is 0. The number of carboxylic acids is 2. The Hall–Kier alpha value is -2.52. The third kappa shape index (κ3) is 11.8. The Morgan fingerprint density at radius 2 is 1.44 bits per heavy atom. The third-order valence-corrected chi connectivity index (χ3v) is 5.10. The quantitative estimate of drug-likeness (QED) is 0.103. The van der Waals surface area contributed by atoms with Crippen molar-refractivity contribution < 1.29 is 39.0 Å². The molecule has 0 aromatic carbocycles. The van der Waals surface area contributed by atoms with Crippen LogP contribution in [0.5, 0.6) is 0 Å². The molecule has 0 radical (unpaired) electrons. The second kappa shape index (κ2) is 15.3. The van der Waals surface area contributed by atoms with Crippen molar-refractivity contribution in [2.24, 2.45) is 11.5 Å². The van der Waals surface area contributed by atoms with Gasteiger partial charge in [-0.25, -0.2) is 4.79 Å². The van der Waals surface area contributed by atoms with E-state index in [-0.39, 0.29) is 25.0 Å². The molecule has 0 aliphatic rings. The van der Waals surface area contributed by atoms with Crippen LogP contribution in [0.3, 0.4) is 0 Å². The summed E-state index contributed by atoms with van der Waals surface area (Å²) in [4.78, 5) is 70.1. The van der Waals surface area contributed by atoms with Crippen LogP contribution in [-0.4, -0.2) is 87.7 Å². The maximum absolute atomic E-state index is 12.6. The number of thioether (sulfide) groups is 1. The van der Waals surface area contributed by atoms with Gasteiger partial charge >= 0.3 is 11.9 Å². The molecule has 0 aromatic rings. The number of carbonyl (C=O) groups is 6. The minimum absolute atomic E-state index is 0.0268. The molecule has 0 bridgehead atoms. The number of rotatable bonds is 16. The van der Waals surface area contributed by atoms with E-state index in [0.717, 1.165) is 0 Å². The number of carbonyl (C=O) groups excluding carboxylic acids is 4. The van der Waals surface area contributed by atoms with Crippen LogP contribution in [0.2, 0.25) is 0 Å². The van der Waals surface area contributed by atoms with Gasteiger partial charge in [-0.1, -0.05) is 0 Å². The molecule has 0 spiro atoms. The predicted molar refractivity (Wildman–Crippen MR) is 119 cm³/mol. The maximum Gasteiger partial charge on any atom is 0.326 e. The smallest absolute Gasteiger partial charge is 0.326 e. The zero-order chi connectivity index (χ0) is 24.8. The van der Waals surface area contributed by atoms with Gasteiger partial charge in [0.05, 0.1) is 12.5 Å². The molecular formula is C17H29N5O8S2. The highest BCUT2D eigenvalue weighted by Crippen LogP contribution is 2.04. The summed E-state index contributed by atoms with van der Waals surface area (Å²) >= 11 is 5.38. The minimum Gasteiger partial charge on any atom is -0.481 e. The van der Waals surface area contributed by atoms with Gasteiger partial charge < -0.3 is 37.6 Å². The van der Waals surface area contributed by atoms with Gasteiger partial charge in [0.2, 0.25) is 23.6 Å². The standard InChI is InChI=1S/C17H29N5O8S2/c1-32-5-4-9(15(27)21-10(17(29)30)6-13(24)25)20-16(28)11(7-31)22-14(26)8(18)2-3-12(19)23/h8-11,31H,2-7,18H2,1H3,(H2,19,23)(H,20,28)(H,21,27)(H,22,26)(H,24,25)(H,29,30). The van der Waals surface area contributed by atoms with Crippen molar-refractivity contribution in [1.29, 1.82) is 0 Å². The van der Waals surface area contributed by atoms with E-state index in [9.17, 15) is 28.8 Å². The fourth-order valence-electron chi connectivity index (χ4n) is 2.33. The highest BCUT2D eigenvalue weighted by molar-refractivity contribution is 7.98. The van der Waals surface area contributed by atoms with Crippen molar-refractivity contribution in [2.75, 3.05) is 17.8 Å². The minimum atomic E-state index is -1.68. The average molecular weight is 496 g/mol. The molecule has 13 nitrogen and oxygen atoms in total. The summed E-state index contributed by atoms with van der Waals surface area (Å²) < 4.78 is 0. The highest BCUT2D eigenvalue weighted by Gasteiger charge is 2.30. The van der Waals surface area contributed by atoms with Crippen LogP contribution >= 0.6 is 24.4 Å². The molecule has 0 rings (SSSR count). The molecule has 32 heavy (non-hydrogen) atoms. The van der Waals surface area contributed by atoms with Gasteiger partial charge in [-0.15, -0.1) is 0 Å². The van der Waals surface area contributed by atoms with Crippen LogP contribution in [0.1, 0.15) is 25.7 Å². The lowest BCUT2D eigenvalue weighted by Gasteiger charge is -2.24.